The molecule has 0 aliphatic carbocycles. The zero-order valence-corrected chi connectivity index (χ0v) is 17.9. The summed E-state index contributed by atoms with van der Waals surface area (Å²) in [6.07, 6.45) is 0. The molecule has 0 spiro atoms. The minimum atomic E-state index is -3.05. The lowest BCUT2D eigenvalue weighted by atomic mass is 10.0. The van der Waals surface area contributed by atoms with Crippen LogP contribution in [-0.2, 0) is 13.1 Å². The smallest absolute Gasteiger partial charge is 0.388 e. The molecule has 0 unspecified atom stereocenters. The average molecular weight is 472 g/mol. The highest BCUT2D eigenvalue weighted by Crippen LogP contribution is 2.31. The zero-order chi connectivity index (χ0) is 22.9. The summed E-state index contributed by atoms with van der Waals surface area (Å²) in [6, 6.07) is 7.00. The number of carboxylic acid groups (broad SMARTS) is 1. The van der Waals surface area contributed by atoms with Gasteiger partial charge in [-0.05, 0) is 26.0 Å². The van der Waals surface area contributed by atoms with Crippen molar-refractivity contribution in [1.82, 2.24) is 14.3 Å². The number of rotatable bonds is 7. The Hall–Kier alpha value is -2.91. The third kappa shape index (κ3) is 4.72. The van der Waals surface area contributed by atoms with Crippen molar-refractivity contribution in [3.63, 3.8) is 0 Å². The lowest BCUT2D eigenvalue weighted by Crippen LogP contribution is -2.25. The molecule has 0 radical (unpaired) electrons. The van der Waals surface area contributed by atoms with Crippen LogP contribution in [0.5, 0.6) is 5.88 Å². The normalized spacial score (nSPS) is 11.2. The van der Waals surface area contributed by atoms with Crippen LogP contribution in [0.15, 0.2) is 35.1 Å². The molecule has 0 fully saturated rings. The molecule has 0 saturated carbocycles. The van der Waals surface area contributed by atoms with E-state index in [1.54, 1.807) is 24.5 Å². The molecule has 3 aromatic rings. The van der Waals surface area contributed by atoms with Crippen molar-refractivity contribution in [2.24, 2.45) is 0 Å². The van der Waals surface area contributed by atoms with Crippen LogP contribution >= 0.6 is 23.2 Å². The summed E-state index contributed by atoms with van der Waals surface area (Å²) in [6.45, 7) is 0.482. The Balaban J connectivity index is 2.24. The van der Waals surface area contributed by atoms with Gasteiger partial charge in [0, 0.05) is 29.9 Å². The van der Waals surface area contributed by atoms with Gasteiger partial charge >= 0.3 is 12.6 Å². The number of carbonyl (C=O) groups is 1. The Labute approximate surface area is 185 Å². The SMILES string of the molecule is CCn1c(Cn2nc(C)cc2OC(F)F)cc(=O)c(C(=O)O)c1-c1ccc(Cl)c(Cl)c1. The Morgan fingerprint density at radius 3 is 2.52 bits per heavy atom. The van der Waals surface area contributed by atoms with Gasteiger partial charge in [-0.15, -0.1) is 0 Å². The predicted octanol–water partition coefficient (Wildman–Crippen LogP) is 4.69. The molecule has 2 aromatic heterocycles. The van der Waals surface area contributed by atoms with Gasteiger partial charge in [0.15, 0.2) is 5.43 Å². The zero-order valence-electron chi connectivity index (χ0n) is 16.4. The van der Waals surface area contributed by atoms with Gasteiger partial charge in [0.25, 0.3) is 0 Å². The number of halogens is 4. The van der Waals surface area contributed by atoms with Gasteiger partial charge in [-0.1, -0.05) is 29.3 Å². The molecule has 0 aliphatic heterocycles. The fourth-order valence-corrected chi connectivity index (χ4v) is 3.61. The van der Waals surface area contributed by atoms with Crippen LogP contribution in [0.4, 0.5) is 8.78 Å². The number of hydrogen-bond donors (Lipinski definition) is 1. The second kappa shape index (κ2) is 9.07. The molecule has 1 aromatic carbocycles. The summed E-state index contributed by atoms with van der Waals surface area (Å²) in [5.74, 6) is -1.59. The number of aryl methyl sites for hydroxylation is 1. The Morgan fingerprint density at radius 1 is 1.23 bits per heavy atom. The van der Waals surface area contributed by atoms with Gasteiger partial charge in [-0.25, -0.2) is 9.48 Å². The van der Waals surface area contributed by atoms with Gasteiger partial charge in [0.05, 0.1) is 28.0 Å². The molecule has 164 valence electrons. The van der Waals surface area contributed by atoms with Crippen molar-refractivity contribution in [3.8, 4) is 17.1 Å². The highest BCUT2D eigenvalue weighted by Gasteiger charge is 2.23. The summed E-state index contributed by atoms with van der Waals surface area (Å²) >= 11 is 12.1. The fourth-order valence-electron chi connectivity index (χ4n) is 3.31. The Morgan fingerprint density at radius 2 is 1.94 bits per heavy atom. The summed E-state index contributed by atoms with van der Waals surface area (Å²) in [5, 5.41) is 14.3. The number of aromatic carboxylic acids is 1. The molecule has 1 N–H and O–H groups in total. The van der Waals surface area contributed by atoms with Crippen molar-refractivity contribution in [1.29, 1.82) is 0 Å². The highest BCUT2D eigenvalue weighted by molar-refractivity contribution is 6.42. The number of nitrogens with zero attached hydrogens (tertiary/aromatic N) is 3. The van der Waals surface area contributed by atoms with E-state index in [0.717, 1.165) is 6.07 Å². The molecule has 0 aliphatic rings. The van der Waals surface area contributed by atoms with E-state index in [4.69, 9.17) is 23.2 Å². The van der Waals surface area contributed by atoms with Crippen LogP contribution in [0.3, 0.4) is 0 Å². The maximum Gasteiger partial charge on any atom is 0.388 e. The van der Waals surface area contributed by atoms with Crippen LogP contribution in [0.2, 0.25) is 10.0 Å². The first-order valence-electron chi connectivity index (χ1n) is 9.07. The Kier molecular flexibility index (Phi) is 6.66. The van der Waals surface area contributed by atoms with Crippen molar-refractivity contribution >= 4 is 29.2 Å². The highest BCUT2D eigenvalue weighted by atomic mass is 35.5. The number of carboxylic acids is 1. The molecule has 0 saturated heterocycles. The maximum atomic E-state index is 12.7. The van der Waals surface area contributed by atoms with E-state index >= 15 is 0 Å². The van der Waals surface area contributed by atoms with Gasteiger partial charge in [-0.3, -0.25) is 4.79 Å². The van der Waals surface area contributed by atoms with Crippen molar-refractivity contribution in [2.75, 3.05) is 0 Å². The lowest BCUT2D eigenvalue weighted by molar-refractivity contribution is -0.0556. The van der Waals surface area contributed by atoms with E-state index in [9.17, 15) is 23.5 Å². The van der Waals surface area contributed by atoms with E-state index in [-0.39, 0.29) is 34.7 Å². The van der Waals surface area contributed by atoms with Crippen LogP contribution in [0, 0.1) is 6.92 Å². The van der Waals surface area contributed by atoms with Crippen molar-refractivity contribution in [3.05, 3.63) is 67.6 Å². The summed E-state index contributed by atoms with van der Waals surface area (Å²) in [4.78, 5) is 24.6. The topological polar surface area (TPSA) is 86.4 Å². The molecule has 0 atom stereocenters. The number of hydrogen-bond acceptors (Lipinski definition) is 4. The third-order valence-electron chi connectivity index (χ3n) is 4.51. The summed E-state index contributed by atoms with van der Waals surface area (Å²) in [5.41, 5.74) is 0.0939. The molecule has 31 heavy (non-hydrogen) atoms. The molecule has 0 amide bonds. The number of benzene rings is 1. The van der Waals surface area contributed by atoms with Gasteiger partial charge in [0.2, 0.25) is 5.88 Å². The second-order valence-electron chi connectivity index (χ2n) is 6.56. The molecule has 0 bridgehead atoms. The molecule has 3 rings (SSSR count). The molecule has 2 heterocycles. The third-order valence-corrected chi connectivity index (χ3v) is 5.25. The first-order chi connectivity index (χ1) is 14.6. The quantitative estimate of drug-likeness (QED) is 0.539. The van der Waals surface area contributed by atoms with Gasteiger partial charge < -0.3 is 14.4 Å². The minimum Gasteiger partial charge on any atom is -0.477 e. The number of pyridine rings is 1. The van der Waals surface area contributed by atoms with Gasteiger partial charge in [0.1, 0.15) is 5.56 Å². The van der Waals surface area contributed by atoms with E-state index in [0.29, 0.717) is 17.0 Å². The molecular formula is C20H17Cl2F2N3O4. The largest absolute Gasteiger partial charge is 0.477 e. The fraction of sp³-hybridized carbons (Fsp3) is 0.250. The summed E-state index contributed by atoms with van der Waals surface area (Å²) in [7, 11) is 0. The monoisotopic (exact) mass is 471 g/mol. The minimum absolute atomic E-state index is 0.104. The van der Waals surface area contributed by atoms with Crippen molar-refractivity contribution < 1.29 is 23.4 Å². The first kappa shape index (κ1) is 22.8. The average Bonchev–Trinajstić information content (AvgIpc) is 3.01. The summed E-state index contributed by atoms with van der Waals surface area (Å²) < 4.78 is 32.8. The first-order valence-corrected chi connectivity index (χ1v) is 9.82. The van der Waals surface area contributed by atoms with Gasteiger partial charge in [-0.2, -0.15) is 13.9 Å². The van der Waals surface area contributed by atoms with Crippen LogP contribution in [-0.4, -0.2) is 32.0 Å². The van der Waals surface area contributed by atoms with Crippen LogP contribution in [0.1, 0.15) is 28.7 Å². The number of alkyl halides is 2. The van der Waals surface area contributed by atoms with E-state index in [1.165, 1.54) is 22.9 Å². The Bertz CT molecular complexity index is 1210. The molecule has 11 heteroatoms. The maximum absolute atomic E-state index is 12.7. The van der Waals surface area contributed by atoms with E-state index < -0.39 is 23.6 Å². The standard InChI is InChI=1S/C20H17Cl2F2N3O4/c1-3-26-12(9-27-16(31-20(23)24)6-10(2)25-27)8-15(28)17(19(29)30)18(26)11-4-5-13(21)14(22)7-11/h4-8,20H,3,9H2,1-2H3,(H,29,30). The van der Waals surface area contributed by atoms with Crippen LogP contribution < -0.4 is 10.2 Å². The van der Waals surface area contributed by atoms with Crippen molar-refractivity contribution in [2.45, 2.75) is 33.5 Å². The number of aromatic nitrogens is 3. The van der Waals surface area contributed by atoms with E-state index in [2.05, 4.69) is 9.84 Å². The second-order valence-corrected chi connectivity index (χ2v) is 7.38. The lowest BCUT2D eigenvalue weighted by Gasteiger charge is -2.20. The van der Waals surface area contributed by atoms with E-state index in [1.807, 2.05) is 0 Å². The molecular weight excluding hydrogens is 455 g/mol. The molecule has 7 nitrogen and oxygen atoms in total. The van der Waals surface area contributed by atoms with Crippen LogP contribution in [0.25, 0.3) is 11.3 Å². The number of ether oxygens (including phenoxy) is 1. The predicted molar refractivity (Wildman–Crippen MR) is 111 cm³/mol.